The van der Waals surface area contributed by atoms with E-state index in [0.29, 0.717) is 23.0 Å². The molecule has 0 spiro atoms. The quantitative estimate of drug-likeness (QED) is 0.885. The van der Waals surface area contributed by atoms with Crippen molar-refractivity contribution in [3.05, 3.63) is 53.3 Å². The molecule has 0 saturated heterocycles. The van der Waals surface area contributed by atoms with Gasteiger partial charge < -0.3 is 14.8 Å². The SMILES string of the molecule is COc1cccc(OC)c1C(=O)N[C@H](c1cc(C)ccn1)C1CC1. The molecule has 126 valence electrons. The molecule has 1 fully saturated rings. The molecule has 0 bridgehead atoms. The fourth-order valence-electron chi connectivity index (χ4n) is 2.88. The molecule has 1 aliphatic rings. The third-order valence-electron chi connectivity index (χ3n) is 4.29. The lowest BCUT2D eigenvalue weighted by Gasteiger charge is -2.20. The number of hydrogen-bond donors (Lipinski definition) is 1. The van der Waals surface area contributed by atoms with Gasteiger partial charge in [-0.15, -0.1) is 0 Å². The Labute approximate surface area is 142 Å². The minimum atomic E-state index is -0.204. The molecule has 2 aromatic rings. The number of methoxy groups -OCH3 is 2. The van der Waals surface area contributed by atoms with Crippen molar-refractivity contribution in [3.8, 4) is 11.5 Å². The molecule has 3 rings (SSSR count). The second-order valence-corrected chi connectivity index (χ2v) is 6.08. The van der Waals surface area contributed by atoms with Gasteiger partial charge in [-0.3, -0.25) is 9.78 Å². The zero-order valence-electron chi connectivity index (χ0n) is 14.2. The number of hydrogen-bond acceptors (Lipinski definition) is 4. The number of nitrogens with zero attached hydrogens (tertiary/aromatic N) is 1. The monoisotopic (exact) mass is 326 g/mol. The first kappa shape index (κ1) is 16.3. The molecule has 0 aliphatic heterocycles. The largest absolute Gasteiger partial charge is 0.496 e. The van der Waals surface area contributed by atoms with Crippen molar-refractivity contribution in [1.82, 2.24) is 10.3 Å². The molecule has 1 N–H and O–H groups in total. The molecule has 24 heavy (non-hydrogen) atoms. The molecular formula is C19H22N2O3. The Kier molecular flexibility index (Phi) is 4.69. The topological polar surface area (TPSA) is 60.5 Å². The first-order chi connectivity index (χ1) is 11.6. The van der Waals surface area contributed by atoms with Gasteiger partial charge in [0.2, 0.25) is 0 Å². The van der Waals surface area contributed by atoms with Gasteiger partial charge in [-0.1, -0.05) is 6.07 Å². The lowest BCUT2D eigenvalue weighted by molar-refractivity contribution is 0.0924. The number of carbonyl (C=O) groups is 1. The van der Waals surface area contributed by atoms with E-state index in [9.17, 15) is 4.79 Å². The second-order valence-electron chi connectivity index (χ2n) is 6.08. The molecule has 1 amide bonds. The summed E-state index contributed by atoms with van der Waals surface area (Å²) in [6.45, 7) is 2.03. The van der Waals surface area contributed by atoms with Crippen LogP contribution >= 0.6 is 0 Å². The van der Waals surface area contributed by atoms with Crippen LogP contribution in [0.5, 0.6) is 11.5 Å². The van der Waals surface area contributed by atoms with Crippen LogP contribution in [0.3, 0.4) is 0 Å². The van der Waals surface area contributed by atoms with Crippen LogP contribution in [-0.2, 0) is 0 Å². The standard InChI is InChI=1S/C19H22N2O3/c1-12-9-10-20-14(11-12)18(13-7-8-13)21-19(22)17-15(23-2)5-4-6-16(17)24-3/h4-6,9-11,13,18H,7-8H2,1-3H3,(H,21,22)/t18-/m0/s1. The van der Waals surface area contributed by atoms with Crippen LogP contribution in [0.15, 0.2) is 36.5 Å². The number of aryl methyl sites for hydroxylation is 1. The maximum Gasteiger partial charge on any atom is 0.259 e. The van der Waals surface area contributed by atoms with Gasteiger partial charge in [0, 0.05) is 6.20 Å². The van der Waals surface area contributed by atoms with Crippen LogP contribution in [0.1, 0.15) is 40.5 Å². The van der Waals surface area contributed by atoms with Crippen LogP contribution < -0.4 is 14.8 Å². The van der Waals surface area contributed by atoms with E-state index in [0.717, 1.165) is 24.1 Å². The van der Waals surface area contributed by atoms with E-state index in [4.69, 9.17) is 9.47 Å². The van der Waals surface area contributed by atoms with Crippen molar-refractivity contribution < 1.29 is 14.3 Å². The highest BCUT2D eigenvalue weighted by atomic mass is 16.5. The van der Waals surface area contributed by atoms with Crippen molar-refractivity contribution in [2.24, 2.45) is 5.92 Å². The normalized spacial score (nSPS) is 14.8. The van der Waals surface area contributed by atoms with Gasteiger partial charge in [-0.05, 0) is 55.5 Å². The Balaban J connectivity index is 1.90. The molecular weight excluding hydrogens is 304 g/mol. The molecule has 1 saturated carbocycles. The van der Waals surface area contributed by atoms with E-state index < -0.39 is 0 Å². The molecule has 5 nitrogen and oxygen atoms in total. The van der Waals surface area contributed by atoms with Crippen LogP contribution in [0.2, 0.25) is 0 Å². The average Bonchev–Trinajstić information content (AvgIpc) is 3.43. The van der Waals surface area contributed by atoms with Gasteiger partial charge in [0.25, 0.3) is 5.91 Å². The number of amides is 1. The highest BCUT2D eigenvalue weighted by molar-refractivity contribution is 6.00. The van der Waals surface area contributed by atoms with E-state index in [1.165, 1.54) is 0 Å². The lowest BCUT2D eigenvalue weighted by Crippen LogP contribution is -2.31. The van der Waals surface area contributed by atoms with E-state index in [2.05, 4.69) is 10.3 Å². The van der Waals surface area contributed by atoms with Crippen LogP contribution in [0, 0.1) is 12.8 Å². The number of benzene rings is 1. The number of nitrogens with one attached hydrogen (secondary N) is 1. The maximum absolute atomic E-state index is 12.9. The van der Waals surface area contributed by atoms with Gasteiger partial charge in [0.15, 0.2) is 0 Å². The highest BCUT2D eigenvalue weighted by Gasteiger charge is 2.35. The molecule has 0 unspecified atom stereocenters. The maximum atomic E-state index is 12.9. The third kappa shape index (κ3) is 3.35. The highest BCUT2D eigenvalue weighted by Crippen LogP contribution is 2.41. The zero-order valence-corrected chi connectivity index (χ0v) is 14.2. The Morgan fingerprint density at radius 2 is 1.88 bits per heavy atom. The summed E-state index contributed by atoms with van der Waals surface area (Å²) in [5, 5.41) is 3.13. The lowest BCUT2D eigenvalue weighted by atomic mass is 10.0. The number of aromatic nitrogens is 1. The van der Waals surface area contributed by atoms with E-state index >= 15 is 0 Å². The third-order valence-corrected chi connectivity index (χ3v) is 4.29. The van der Waals surface area contributed by atoms with E-state index in [1.807, 2.05) is 19.1 Å². The minimum absolute atomic E-state index is 0.0907. The van der Waals surface area contributed by atoms with Crippen LogP contribution in [-0.4, -0.2) is 25.1 Å². The van der Waals surface area contributed by atoms with E-state index in [-0.39, 0.29) is 11.9 Å². The molecule has 1 atom stereocenters. The summed E-state index contributed by atoms with van der Waals surface area (Å²) in [5.41, 5.74) is 2.45. The van der Waals surface area contributed by atoms with Crippen molar-refractivity contribution in [2.45, 2.75) is 25.8 Å². The summed E-state index contributed by atoms with van der Waals surface area (Å²) < 4.78 is 10.7. The predicted molar refractivity (Wildman–Crippen MR) is 91.5 cm³/mol. The summed E-state index contributed by atoms with van der Waals surface area (Å²) in [6, 6.07) is 9.21. The van der Waals surface area contributed by atoms with Gasteiger partial charge >= 0.3 is 0 Å². The molecule has 0 radical (unpaired) electrons. The molecule has 1 aromatic heterocycles. The van der Waals surface area contributed by atoms with Gasteiger partial charge in [0.05, 0.1) is 26.0 Å². The first-order valence-corrected chi connectivity index (χ1v) is 8.08. The number of rotatable bonds is 6. The first-order valence-electron chi connectivity index (χ1n) is 8.08. The number of carbonyl (C=O) groups excluding carboxylic acids is 1. The Hall–Kier alpha value is -2.56. The molecule has 1 aliphatic carbocycles. The molecule has 5 heteroatoms. The Bertz CT molecular complexity index is 719. The van der Waals surface area contributed by atoms with Gasteiger partial charge in [0.1, 0.15) is 17.1 Å². The molecule has 1 aromatic carbocycles. The van der Waals surface area contributed by atoms with Crippen molar-refractivity contribution in [2.75, 3.05) is 14.2 Å². The fourth-order valence-corrected chi connectivity index (χ4v) is 2.88. The Morgan fingerprint density at radius 3 is 2.42 bits per heavy atom. The van der Waals surface area contributed by atoms with Crippen molar-refractivity contribution in [1.29, 1.82) is 0 Å². The van der Waals surface area contributed by atoms with E-state index in [1.54, 1.807) is 38.6 Å². The summed E-state index contributed by atoms with van der Waals surface area (Å²) in [7, 11) is 3.10. The zero-order chi connectivity index (χ0) is 17.1. The van der Waals surface area contributed by atoms with Crippen LogP contribution in [0.4, 0.5) is 0 Å². The smallest absolute Gasteiger partial charge is 0.259 e. The Morgan fingerprint density at radius 1 is 1.21 bits per heavy atom. The van der Waals surface area contributed by atoms with Crippen molar-refractivity contribution >= 4 is 5.91 Å². The minimum Gasteiger partial charge on any atom is -0.496 e. The number of ether oxygens (including phenoxy) is 2. The fraction of sp³-hybridized carbons (Fsp3) is 0.368. The second kappa shape index (κ2) is 6.91. The van der Waals surface area contributed by atoms with Crippen molar-refractivity contribution in [3.63, 3.8) is 0 Å². The van der Waals surface area contributed by atoms with Gasteiger partial charge in [-0.2, -0.15) is 0 Å². The van der Waals surface area contributed by atoms with Crippen LogP contribution in [0.25, 0.3) is 0 Å². The number of pyridine rings is 1. The summed E-state index contributed by atoms with van der Waals surface area (Å²) in [6.07, 6.45) is 3.99. The predicted octanol–water partition coefficient (Wildman–Crippen LogP) is 3.29. The summed E-state index contributed by atoms with van der Waals surface area (Å²) in [5.74, 6) is 1.23. The summed E-state index contributed by atoms with van der Waals surface area (Å²) in [4.78, 5) is 17.4. The average molecular weight is 326 g/mol. The molecule has 1 heterocycles. The summed E-state index contributed by atoms with van der Waals surface area (Å²) >= 11 is 0. The van der Waals surface area contributed by atoms with Gasteiger partial charge in [-0.25, -0.2) is 0 Å².